The second kappa shape index (κ2) is 6.17. The number of carbonyl (C=O) groups is 2. The predicted molar refractivity (Wildman–Crippen MR) is 65.2 cm³/mol. The van der Waals surface area contributed by atoms with Crippen LogP contribution in [-0.2, 0) is 17.9 Å². The number of hydrogen-bond acceptors (Lipinski definition) is 4. The average molecular weight is 267 g/mol. The Morgan fingerprint density at radius 1 is 1.42 bits per heavy atom. The number of urea groups is 1. The van der Waals surface area contributed by atoms with Crippen molar-refractivity contribution in [3.63, 3.8) is 0 Å². The molecule has 0 saturated heterocycles. The van der Waals surface area contributed by atoms with Gasteiger partial charge in [0.2, 0.25) is 0 Å². The van der Waals surface area contributed by atoms with E-state index in [1.807, 2.05) is 0 Å². The number of rotatable bonds is 7. The molecule has 1 heterocycles. The SMILES string of the molecule is O=C(O)Cn1cc(CNC(=O)NCCC2CC2)nn1. The van der Waals surface area contributed by atoms with Crippen molar-refractivity contribution >= 4 is 12.0 Å². The van der Waals surface area contributed by atoms with Crippen LogP contribution in [0.1, 0.15) is 25.0 Å². The van der Waals surface area contributed by atoms with Crippen LogP contribution >= 0.6 is 0 Å². The van der Waals surface area contributed by atoms with E-state index in [2.05, 4.69) is 20.9 Å². The Morgan fingerprint density at radius 3 is 2.89 bits per heavy atom. The van der Waals surface area contributed by atoms with Gasteiger partial charge in [-0.2, -0.15) is 0 Å². The van der Waals surface area contributed by atoms with Crippen molar-refractivity contribution in [1.29, 1.82) is 0 Å². The van der Waals surface area contributed by atoms with E-state index in [0.717, 1.165) is 12.3 Å². The first-order valence-electron chi connectivity index (χ1n) is 6.26. The zero-order valence-electron chi connectivity index (χ0n) is 10.5. The summed E-state index contributed by atoms with van der Waals surface area (Å²) in [6.07, 6.45) is 5.08. The molecule has 0 radical (unpaired) electrons. The Labute approximate surface area is 110 Å². The molecule has 0 unspecified atom stereocenters. The molecule has 19 heavy (non-hydrogen) atoms. The lowest BCUT2D eigenvalue weighted by molar-refractivity contribution is -0.137. The first-order valence-corrected chi connectivity index (χ1v) is 6.26. The molecular formula is C11H17N5O3. The van der Waals surface area contributed by atoms with Gasteiger partial charge < -0.3 is 15.7 Å². The molecule has 0 bridgehead atoms. The third-order valence-corrected chi connectivity index (χ3v) is 2.85. The maximum absolute atomic E-state index is 11.4. The minimum atomic E-state index is -0.984. The minimum Gasteiger partial charge on any atom is -0.480 e. The first kappa shape index (κ1) is 13.3. The Morgan fingerprint density at radius 2 is 2.21 bits per heavy atom. The molecule has 8 nitrogen and oxygen atoms in total. The summed E-state index contributed by atoms with van der Waals surface area (Å²) in [5, 5.41) is 21.4. The molecule has 1 aliphatic rings. The van der Waals surface area contributed by atoms with Gasteiger partial charge in [-0.15, -0.1) is 5.10 Å². The molecule has 2 rings (SSSR count). The van der Waals surface area contributed by atoms with Gasteiger partial charge in [0.25, 0.3) is 0 Å². The zero-order chi connectivity index (χ0) is 13.7. The summed E-state index contributed by atoms with van der Waals surface area (Å²) < 4.78 is 1.21. The number of hydrogen-bond donors (Lipinski definition) is 3. The minimum absolute atomic E-state index is 0.231. The number of aliphatic carboxylic acids is 1. The van der Waals surface area contributed by atoms with Crippen LogP contribution < -0.4 is 10.6 Å². The number of carboxylic acid groups (broad SMARTS) is 1. The third kappa shape index (κ3) is 4.94. The molecule has 1 aromatic rings. The van der Waals surface area contributed by atoms with Crippen molar-refractivity contribution in [3.8, 4) is 0 Å². The summed E-state index contributed by atoms with van der Waals surface area (Å²) in [6, 6.07) is -0.242. The van der Waals surface area contributed by atoms with Crippen molar-refractivity contribution in [2.45, 2.75) is 32.4 Å². The molecule has 1 fully saturated rings. The topological polar surface area (TPSA) is 109 Å². The van der Waals surface area contributed by atoms with Gasteiger partial charge in [-0.3, -0.25) is 4.79 Å². The molecule has 1 aromatic heterocycles. The van der Waals surface area contributed by atoms with E-state index in [9.17, 15) is 9.59 Å². The highest BCUT2D eigenvalue weighted by atomic mass is 16.4. The van der Waals surface area contributed by atoms with Crippen LogP contribution in [-0.4, -0.2) is 38.6 Å². The molecule has 8 heteroatoms. The van der Waals surface area contributed by atoms with Crippen molar-refractivity contribution < 1.29 is 14.7 Å². The van der Waals surface area contributed by atoms with Crippen LogP contribution in [0.5, 0.6) is 0 Å². The number of carboxylic acids is 1. The number of nitrogens with zero attached hydrogens (tertiary/aromatic N) is 3. The number of aromatic nitrogens is 3. The van der Waals surface area contributed by atoms with E-state index < -0.39 is 5.97 Å². The van der Waals surface area contributed by atoms with Crippen molar-refractivity contribution in [2.24, 2.45) is 5.92 Å². The summed E-state index contributed by atoms with van der Waals surface area (Å²) in [7, 11) is 0. The van der Waals surface area contributed by atoms with Crippen LogP contribution in [0.25, 0.3) is 0 Å². The Balaban J connectivity index is 1.64. The van der Waals surface area contributed by atoms with E-state index in [0.29, 0.717) is 12.2 Å². The highest BCUT2D eigenvalue weighted by Gasteiger charge is 2.20. The largest absolute Gasteiger partial charge is 0.480 e. The maximum atomic E-state index is 11.4. The van der Waals surface area contributed by atoms with Crippen LogP contribution in [0.4, 0.5) is 4.79 Å². The summed E-state index contributed by atoms with van der Waals surface area (Å²) in [5.41, 5.74) is 0.526. The van der Waals surface area contributed by atoms with Gasteiger partial charge in [0.15, 0.2) is 0 Å². The Hall–Kier alpha value is -2.12. The molecular weight excluding hydrogens is 250 g/mol. The lowest BCUT2D eigenvalue weighted by Gasteiger charge is -2.05. The van der Waals surface area contributed by atoms with E-state index in [1.54, 1.807) is 0 Å². The summed E-state index contributed by atoms with van der Waals surface area (Å²) in [5.74, 6) is -0.196. The highest BCUT2D eigenvalue weighted by Crippen LogP contribution is 2.31. The fourth-order valence-corrected chi connectivity index (χ4v) is 1.67. The van der Waals surface area contributed by atoms with Gasteiger partial charge >= 0.3 is 12.0 Å². The molecule has 104 valence electrons. The molecule has 2 amide bonds. The molecule has 1 saturated carbocycles. The smallest absolute Gasteiger partial charge is 0.325 e. The fraction of sp³-hybridized carbons (Fsp3) is 0.636. The Kier molecular flexibility index (Phi) is 4.32. The van der Waals surface area contributed by atoms with Crippen LogP contribution in [0.3, 0.4) is 0 Å². The normalized spacial score (nSPS) is 14.1. The van der Waals surface area contributed by atoms with E-state index in [-0.39, 0.29) is 19.1 Å². The number of carbonyl (C=O) groups excluding carboxylic acids is 1. The van der Waals surface area contributed by atoms with Gasteiger partial charge in [-0.1, -0.05) is 18.1 Å². The predicted octanol–water partition coefficient (Wildman–Crippen LogP) is -0.0380. The van der Waals surface area contributed by atoms with Gasteiger partial charge in [-0.05, 0) is 12.3 Å². The van der Waals surface area contributed by atoms with Crippen molar-refractivity contribution in [1.82, 2.24) is 25.6 Å². The number of amides is 2. The summed E-state index contributed by atoms with van der Waals surface area (Å²) in [6.45, 7) is 0.678. The second-order valence-corrected chi connectivity index (χ2v) is 4.64. The van der Waals surface area contributed by atoms with E-state index in [1.165, 1.54) is 23.7 Å². The second-order valence-electron chi connectivity index (χ2n) is 4.64. The van der Waals surface area contributed by atoms with Gasteiger partial charge in [0, 0.05) is 6.54 Å². The van der Waals surface area contributed by atoms with Crippen molar-refractivity contribution in [3.05, 3.63) is 11.9 Å². The Bertz CT molecular complexity index is 455. The molecule has 0 aliphatic heterocycles. The molecule has 1 aliphatic carbocycles. The monoisotopic (exact) mass is 267 g/mol. The summed E-state index contributed by atoms with van der Waals surface area (Å²) in [4.78, 5) is 21.9. The van der Waals surface area contributed by atoms with Crippen LogP contribution in [0, 0.1) is 5.92 Å². The molecule has 0 spiro atoms. The van der Waals surface area contributed by atoms with Crippen molar-refractivity contribution in [2.75, 3.05) is 6.54 Å². The van der Waals surface area contributed by atoms with Crippen LogP contribution in [0.15, 0.2) is 6.20 Å². The zero-order valence-corrected chi connectivity index (χ0v) is 10.5. The van der Waals surface area contributed by atoms with Gasteiger partial charge in [0.1, 0.15) is 12.2 Å². The third-order valence-electron chi connectivity index (χ3n) is 2.85. The fourth-order valence-electron chi connectivity index (χ4n) is 1.67. The molecule has 0 atom stereocenters. The van der Waals surface area contributed by atoms with E-state index in [4.69, 9.17) is 5.11 Å². The average Bonchev–Trinajstić information content (AvgIpc) is 3.06. The maximum Gasteiger partial charge on any atom is 0.325 e. The first-order chi connectivity index (χ1) is 9.13. The molecule has 0 aromatic carbocycles. The standard InChI is InChI=1S/C11H17N5O3/c17-10(18)7-16-6-9(14-15-16)5-13-11(19)12-4-3-8-1-2-8/h6,8H,1-5,7H2,(H,17,18)(H2,12,13,19). The van der Waals surface area contributed by atoms with Gasteiger partial charge in [-0.25, -0.2) is 9.48 Å². The summed E-state index contributed by atoms with van der Waals surface area (Å²) >= 11 is 0. The quantitative estimate of drug-likeness (QED) is 0.642. The van der Waals surface area contributed by atoms with Gasteiger partial charge in [0.05, 0.1) is 12.7 Å². The van der Waals surface area contributed by atoms with E-state index >= 15 is 0 Å². The molecule has 3 N–H and O–H groups in total. The lowest BCUT2D eigenvalue weighted by Crippen LogP contribution is -2.35. The van der Waals surface area contributed by atoms with Crippen LogP contribution in [0.2, 0.25) is 0 Å². The lowest BCUT2D eigenvalue weighted by atomic mass is 10.3. The highest BCUT2D eigenvalue weighted by molar-refractivity contribution is 5.73. The number of nitrogens with one attached hydrogen (secondary N) is 2.